The molecule has 0 saturated heterocycles. The van der Waals surface area contributed by atoms with Gasteiger partial charge in [-0.1, -0.05) is 17.8 Å². The van der Waals surface area contributed by atoms with Gasteiger partial charge in [0.25, 0.3) is 5.91 Å². The topological polar surface area (TPSA) is 71.7 Å². The number of nitrogens with zero attached hydrogens (tertiary/aromatic N) is 4. The molecule has 1 amide bonds. The molecule has 1 aromatic rings. The van der Waals surface area contributed by atoms with Crippen LogP contribution >= 0.6 is 11.8 Å². The number of carbonyl (C=O) groups excluding carboxylic acids is 1. The maximum absolute atomic E-state index is 12.6. The van der Waals surface area contributed by atoms with Gasteiger partial charge in [-0.15, -0.1) is 0 Å². The Morgan fingerprint density at radius 3 is 2.91 bits per heavy atom. The van der Waals surface area contributed by atoms with Crippen LogP contribution in [0.1, 0.15) is 11.1 Å². The fourth-order valence-corrected chi connectivity index (χ4v) is 2.93. The number of rotatable bonds is 2. The van der Waals surface area contributed by atoms with Gasteiger partial charge in [0.05, 0.1) is 11.8 Å². The van der Waals surface area contributed by atoms with Gasteiger partial charge in [0.2, 0.25) is 6.17 Å². The van der Waals surface area contributed by atoms with E-state index in [1.165, 1.54) is 17.3 Å². The van der Waals surface area contributed by atoms with Crippen molar-refractivity contribution in [3.05, 3.63) is 41.7 Å². The summed E-state index contributed by atoms with van der Waals surface area (Å²) in [6.07, 6.45) is 3.00. The third kappa shape index (κ3) is 2.42. The first-order valence-corrected chi connectivity index (χ1v) is 7.80. The molecule has 7 heteroatoms. The van der Waals surface area contributed by atoms with E-state index in [1.807, 2.05) is 38.2 Å². The summed E-state index contributed by atoms with van der Waals surface area (Å²) in [5.74, 6) is 0.203. The Balaban J connectivity index is 1.84. The average Bonchev–Trinajstić information content (AvgIpc) is 2.92. The molecule has 0 saturated carbocycles. The molecule has 0 bridgehead atoms. The molecule has 3 rings (SSSR count). The standard InChI is InChI=1S/C15H15N5OS/c1-10-3-4-12(9-11(10)2)19-6-7-20-13(14(19)21)17-18-15(20)22-8-5-16/h3-4,6-7,9,13,17H,8H2,1-2H3. The zero-order valence-electron chi connectivity index (χ0n) is 12.3. The minimum Gasteiger partial charge on any atom is -0.294 e. The Morgan fingerprint density at radius 2 is 2.18 bits per heavy atom. The van der Waals surface area contributed by atoms with E-state index >= 15 is 0 Å². The van der Waals surface area contributed by atoms with Crippen LogP contribution < -0.4 is 10.3 Å². The molecule has 0 aromatic heterocycles. The van der Waals surface area contributed by atoms with Gasteiger partial charge in [-0.3, -0.25) is 20.0 Å². The highest BCUT2D eigenvalue weighted by molar-refractivity contribution is 8.14. The van der Waals surface area contributed by atoms with Crippen LogP contribution in [0.25, 0.3) is 0 Å². The van der Waals surface area contributed by atoms with Crippen LogP contribution in [-0.2, 0) is 4.79 Å². The van der Waals surface area contributed by atoms with Crippen LogP contribution in [0.2, 0.25) is 0 Å². The lowest BCUT2D eigenvalue weighted by Gasteiger charge is -2.32. The van der Waals surface area contributed by atoms with Crippen LogP contribution in [0, 0.1) is 25.2 Å². The second-order valence-corrected chi connectivity index (χ2v) is 6.00. The van der Waals surface area contributed by atoms with Crippen LogP contribution in [0.4, 0.5) is 5.69 Å². The smallest absolute Gasteiger partial charge is 0.276 e. The number of carbonyl (C=O) groups is 1. The predicted octanol–water partition coefficient (Wildman–Crippen LogP) is 1.88. The summed E-state index contributed by atoms with van der Waals surface area (Å²) in [6, 6.07) is 7.99. The van der Waals surface area contributed by atoms with Crippen molar-refractivity contribution in [1.82, 2.24) is 10.3 Å². The summed E-state index contributed by atoms with van der Waals surface area (Å²) in [5, 5.41) is 13.4. The molecule has 1 unspecified atom stereocenters. The molecule has 6 nitrogen and oxygen atoms in total. The third-order valence-corrected chi connectivity index (χ3v) is 4.50. The van der Waals surface area contributed by atoms with Gasteiger partial charge in [-0.25, -0.2) is 0 Å². The van der Waals surface area contributed by atoms with E-state index in [9.17, 15) is 4.79 Å². The van der Waals surface area contributed by atoms with Gasteiger partial charge in [0.1, 0.15) is 0 Å². The molecular weight excluding hydrogens is 298 g/mol. The quantitative estimate of drug-likeness (QED) is 0.902. The van der Waals surface area contributed by atoms with Crippen molar-refractivity contribution in [3.8, 4) is 6.07 Å². The summed E-state index contributed by atoms with van der Waals surface area (Å²) >= 11 is 1.30. The fourth-order valence-electron chi connectivity index (χ4n) is 2.31. The van der Waals surface area contributed by atoms with Crippen molar-refractivity contribution in [3.63, 3.8) is 0 Å². The lowest BCUT2D eigenvalue weighted by molar-refractivity contribution is -0.122. The number of nitriles is 1. The molecule has 0 aliphatic carbocycles. The van der Waals surface area contributed by atoms with Crippen LogP contribution in [0.5, 0.6) is 0 Å². The van der Waals surface area contributed by atoms with E-state index in [4.69, 9.17) is 5.26 Å². The first-order chi connectivity index (χ1) is 10.6. The van der Waals surface area contributed by atoms with Crippen molar-refractivity contribution in [2.45, 2.75) is 20.0 Å². The number of nitrogens with one attached hydrogen (secondary N) is 1. The highest BCUT2D eigenvalue weighted by Crippen LogP contribution is 2.26. The predicted molar refractivity (Wildman–Crippen MR) is 86.8 cm³/mol. The number of aryl methyl sites for hydroxylation is 2. The van der Waals surface area contributed by atoms with Crippen molar-refractivity contribution in [2.24, 2.45) is 5.10 Å². The van der Waals surface area contributed by atoms with Crippen molar-refractivity contribution in [1.29, 1.82) is 5.26 Å². The normalized spacial score (nSPS) is 19.6. The number of hydrogen-bond donors (Lipinski definition) is 1. The average molecular weight is 313 g/mol. The van der Waals surface area contributed by atoms with Gasteiger partial charge in [0, 0.05) is 18.1 Å². The van der Waals surface area contributed by atoms with E-state index in [2.05, 4.69) is 16.6 Å². The van der Waals surface area contributed by atoms with Crippen molar-refractivity contribution < 1.29 is 4.79 Å². The molecule has 2 aliphatic rings. The Hall–Kier alpha value is -2.46. The minimum atomic E-state index is -0.548. The van der Waals surface area contributed by atoms with Gasteiger partial charge in [-0.2, -0.15) is 10.4 Å². The Morgan fingerprint density at radius 1 is 1.36 bits per heavy atom. The summed E-state index contributed by atoms with van der Waals surface area (Å²) in [4.78, 5) is 16.0. The van der Waals surface area contributed by atoms with E-state index < -0.39 is 6.17 Å². The first kappa shape index (κ1) is 14.5. The number of amidine groups is 1. The van der Waals surface area contributed by atoms with E-state index in [0.29, 0.717) is 10.9 Å². The molecule has 1 atom stereocenters. The highest BCUT2D eigenvalue weighted by Gasteiger charge is 2.38. The molecular formula is C15H15N5OS. The molecule has 0 radical (unpaired) electrons. The Kier molecular flexibility index (Phi) is 3.77. The number of hydrazone groups is 1. The second-order valence-electron chi connectivity index (χ2n) is 5.06. The molecule has 0 fully saturated rings. The molecule has 2 heterocycles. The zero-order chi connectivity index (χ0) is 15.7. The monoisotopic (exact) mass is 313 g/mol. The third-order valence-electron chi connectivity index (χ3n) is 3.66. The number of hydrogen-bond acceptors (Lipinski definition) is 6. The number of benzene rings is 1. The summed E-state index contributed by atoms with van der Waals surface area (Å²) < 4.78 is 0. The van der Waals surface area contributed by atoms with Crippen LogP contribution in [0.3, 0.4) is 0 Å². The molecule has 2 aliphatic heterocycles. The minimum absolute atomic E-state index is 0.0953. The fraction of sp³-hybridized carbons (Fsp3) is 0.267. The Bertz CT molecular complexity index is 721. The maximum atomic E-state index is 12.6. The zero-order valence-corrected chi connectivity index (χ0v) is 13.1. The van der Waals surface area contributed by atoms with E-state index in [1.54, 1.807) is 16.0 Å². The van der Waals surface area contributed by atoms with Gasteiger partial charge in [-0.05, 0) is 37.1 Å². The maximum Gasteiger partial charge on any atom is 0.276 e. The lowest BCUT2D eigenvalue weighted by Crippen LogP contribution is -2.52. The van der Waals surface area contributed by atoms with Crippen molar-refractivity contribution >= 4 is 28.5 Å². The molecule has 1 N–H and O–H groups in total. The lowest BCUT2D eigenvalue weighted by atomic mass is 10.1. The van der Waals surface area contributed by atoms with Crippen molar-refractivity contribution in [2.75, 3.05) is 10.7 Å². The summed E-state index contributed by atoms with van der Waals surface area (Å²) in [5.41, 5.74) is 6.00. The number of thioether (sulfide) groups is 1. The van der Waals surface area contributed by atoms with E-state index in [-0.39, 0.29) is 5.91 Å². The summed E-state index contributed by atoms with van der Waals surface area (Å²) in [6.45, 7) is 4.07. The van der Waals surface area contributed by atoms with Crippen LogP contribution in [0.15, 0.2) is 35.7 Å². The molecule has 1 aromatic carbocycles. The molecule has 0 spiro atoms. The Labute approximate surface area is 133 Å². The number of fused-ring (bicyclic) bond motifs is 1. The highest BCUT2D eigenvalue weighted by atomic mass is 32.2. The van der Waals surface area contributed by atoms with Gasteiger partial charge < -0.3 is 0 Å². The SMILES string of the molecule is Cc1ccc(N2C=CN3C(SCC#N)=NNC3C2=O)cc1C. The second kappa shape index (κ2) is 5.73. The molecule has 22 heavy (non-hydrogen) atoms. The van der Waals surface area contributed by atoms with E-state index in [0.717, 1.165) is 11.3 Å². The van der Waals surface area contributed by atoms with Crippen LogP contribution in [-0.4, -0.2) is 27.9 Å². The molecule has 112 valence electrons. The largest absolute Gasteiger partial charge is 0.294 e. The summed E-state index contributed by atoms with van der Waals surface area (Å²) in [7, 11) is 0. The first-order valence-electron chi connectivity index (χ1n) is 6.82. The number of anilines is 1. The van der Waals surface area contributed by atoms with Gasteiger partial charge >= 0.3 is 0 Å². The van der Waals surface area contributed by atoms with Gasteiger partial charge in [0.15, 0.2) is 5.17 Å². The number of amides is 1.